The summed E-state index contributed by atoms with van der Waals surface area (Å²) in [7, 11) is 0. The predicted octanol–water partition coefficient (Wildman–Crippen LogP) is 2.49. The Bertz CT molecular complexity index is 1140. The van der Waals surface area contributed by atoms with Crippen LogP contribution in [0.1, 0.15) is 5.56 Å². The molecule has 0 atom stereocenters. The van der Waals surface area contributed by atoms with Crippen LogP contribution in [0, 0.1) is 0 Å². The summed E-state index contributed by atoms with van der Waals surface area (Å²) in [6, 6.07) is 14.9. The van der Waals surface area contributed by atoms with E-state index in [0.717, 1.165) is 16.3 Å². The van der Waals surface area contributed by atoms with Crippen molar-refractivity contribution in [3.05, 3.63) is 77.0 Å². The molecule has 0 fully saturated rings. The Hall–Kier alpha value is -3.74. The summed E-state index contributed by atoms with van der Waals surface area (Å²) in [6.45, 7) is 0. The van der Waals surface area contributed by atoms with Crippen LogP contribution in [-0.2, 0) is 11.2 Å². The molecule has 1 amide bonds. The van der Waals surface area contributed by atoms with Crippen LogP contribution in [-0.4, -0.2) is 26.1 Å². The number of aromatic amines is 2. The molecule has 0 spiro atoms. The number of nitrogens with one attached hydrogen (secondary N) is 3. The van der Waals surface area contributed by atoms with Crippen molar-refractivity contribution >= 4 is 22.4 Å². The molecule has 7 nitrogen and oxygen atoms in total. The van der Waals surface area contributed by atoms with Crippen molar-refractivity contribution in [3.8, 4) is 11.4 Å². The molecule has 2 aromatic heterocycles. The minimum absolute atomic E-state index is 0.123. The molecule has 0 saturated carbocycles. The van der Waals surface area contributed by atoms with Crippen molar-refractivity contribution in [2.75, 3.05) is 5.32 Å². The van der Waals surface area contributed by atoms with Crippen LogP contribution in [0.5, 0.6) is 0 Å². The Labute approximate surface area is 148 Å². The summed E-state index contributed by atoms with van der Waals surface area (Å²) in [5.41, 5.74) is 1.91. The Kier molecular flexibility index (Phi) is 4.03. The van der Waals surface area contributed by atoms with E-state index in [1.807, 2.05) is 24.3 Å². The maximum absolute atomic E-state index is 12.5. The number of benzene rings is 2. The van der Waals surface area contributed by atoms with Gasteiger partial charge < -0.3 is 5.32 Å². The van der Waals surface area contributed by atoms with Gasteiger partial charge in [0.05, 0.1) is 6.42 Å². The molecule has 7 heteroatoms. The maximum atomic E-state index is 12.5. The normalized spacial score (nSPS) is 10.8. The van der Waals surface area contributed by atoms with Crippen LogP contribution in [0.15, 0.2) is 65.7 Å². The second-order valence-electron chi connectivity index (χ2n) is 5.85. The Morgan fingerprint density at radius 3 is 2.85 bits per heavy atom. The lowest BCUT2D eigenvalue weighted by molar-refractivity contribution is -0.115. The first-order chi connectivity index (χ1) is 12.7. The van der Waals surface area contributed by atoms with Crippen LogP contribution in [0.4, 0.5) is 5.69 Å². The second kappa shape index (κ2) is 6.64. The SMILES string of the molecule is O=C(Cc1cccc2cnccc12)Nc1cccc(-c2n[nH]c(=O)[nH]2)c1. The van der Waals surface area contributed by atoms with Crippen molar-refractivity contribution in [1.29, 1.82) is 0 Å². The lowest BCUT2D eigenvalue weighted by Gasteiger charge is -2.08. The van der Waals surface area contributed by atoms with Gasteiger partial charge in [-0.15, -0.1) is 0 Å². The molecule has 128 valence electrons. The smallest absolute Gasteiger partial charge is 0.326 e. The molecule has 2 aromatic carbocycles. The number of amides is 1. The topological polar surface area (TPSA) is 104 Å². The fourth-order valence-corrected chi connectivity index (χ4v) is 2.87. The van der Waals surface area contributed by atoms with E-state index in [2.05, 4.69) is 25.5 Å². The largest absolute Gasteiger partial charge is 0.340 e. The number of aromatic nitrogens is 4. The molecule has 4 rings (SSSR count). The van der Waals surface area contributed by atoms with Gasteiger partial charge in [-0.1, -0.05) is 30.3 Å². The van der Waals surface area contributed by atoms with E-state index < -0.39 is 0 Å². The number of carbonyl (C=O) groups is 1. The number of nitrogens with zero attached hydrogens (tertiary/aromatic N) is 2. The summed E-state index contributed by atoms with van der Waals surface area (Å²) in [6.07, 6.45) is 3.76. The zero-order chi connectivity index (χ0) is 17.9. The number of anilines is 1. The van der Waals surface area contributed by atoms with Gasteiger partial charge in [0.1, 0.15) is 0 Å². The van der Waals surface area contributed by atoms with Crippen molar-refractivity contribution in [2.24, 2.45) is 0 Å². The molecule has 0 aliphatic rings. The monoisotopic (exact) mass is 345 g/mol. The summed E-state index contributed by atoms with van der Waals surface area (Å²) in [4.78, 5) is 30.4. The molecule has 0 aliphatic heterocycles. The summed E-state index contributed by atoms with van der Waals surface area (Å²) >= 11 is 0. The standard InChI is InChI=1S/C19H15N5O2/c25-17(10-12-3-1-5-14-11-20-8-7-16(12)14)21-15-6-2-4-13(9-15)18-22-19(26)24-23-18/h1-9,11H,10H2,(H,21,25)(H2,22,23,24,26). The molecule has 2 heterocycles. The maximum Gasteiger partial charge on any atom is 0.340 e. The molecule has 3 N–H and O–H groups in total. The van der Waals surface area contributed by atoms with E-state index in [0.29, 0.717) is 17.1 Å². The van der Waals surface area contributed by atoms with Crippen LogP contribution >= 0.6 is 0 Å². The van der Waals surface area contributed by atoms with Gasteiger partial charge in [-0.2, -0.15) is 5.10 Å². The van der Waals surface area contributed by atoms with E-state index in [-0.39, 0.29) is 18.0 Å². The van der Waals surface area contributed by atoms with E-state index in [1.165, 1.54) is 0 Å². The van der Waals surface area contributed by atoms with Gasteiger partial charge in [-0.3, -0.25) is 14.8 Å². The first-order valence-electron chi connectivity index (χ1n) is 8.06. The molecule has 4 aromatic rings. The number of H-pyrrole nitrogens is 2. The van der Waals surface area contributed by atoms with Gasteiger partial charge in [-0.25, -0.2) is 9.89 Å². The van der Waals surface area contributed by atoms with Crippen LogP contribution in [0.3, 0.4) is 0 Å². The van der Waals surface area contributed by atoms with Crippen molar-refractivity contribution in [3.63, 3.8) is 0 Å². The fraction of sp³-hybridized carbons (Fsp3) is 0.0526. The molecule has 0 aliphatic carbocycles. The molecule has 26 heavy (non-hydrogen) atoms. The Morgan fingerprint density at radius 1 is 1.12 bits per heavy atom. The highest BCUT2D eigenvalue weighted by Crippen LogP contribution is 2.20. The van der Waals surface area contributed by atoms with Crippen LogP contribution < -0.4 is 11.0 Å². The first kappa shape index (κ1) is 15.8. The number of hydrogen-bond acceptors (Lipinski definition) is 4. The van der Waals surface area contributed by atoms with E-state index >= 15 is 0 Å². The predicted molar refractivity (Wildman–Crippen MR) is 98.7 cm³/mol. The molecule has 0 saturated heterocycles. The lowest BCUT2D eigenvalue weighted by atomic mass is 10.0. The third kappa shape index (κ3) is 3.23. The molecular formula is C19H15N5O2. The molecule has 0 radical (unpaired) electrons. The number of pyridine rings is 1. The quantitative estimate of drug-likeness (QED) is 0.528. The highest BCUT2D eigenvalue weighted by molar-refractivity contribution is 5.96. The van der Waals surface area contributed by atoms with Crippen molar-refractivity contribution < 1.29 is 4.79 Å². The zero-order valence-electron chi connectivity index (χ0n) is 13.7. The average molecular weight is 345 g/mol. The first-order valence-corrected chi connectivity index (χ1v) is 8.06. The number of hydrogen-bond donors (Lipinski definition) is 3. The van der Waals surface area contributed by atoms with E-state index in [4.69, 9.17) is 0 Å². The van der Waals surface area contributed by atoms with E-state index in [9.17, 15) is 9.59 Å². The van der Waals surface area contributed by atoms with Gasteiger partial charge in [-0.05, 0) is 29.1 Å². The minimum atomic E-state index is -0.375. The van der Waals surface area contributed by atoms with Gasteiger partial charge in [0, 0.05) is 29.0 Å². The lowest BCUT2D eigenvalue weighted by Crippen LogP contribution is -2.14. The van der Waals surface area contributed by atoms with Crippen molar-refractivity contribution in [2.45, 2.75) is 6.42 Å². The second-order valence-corrected chi connectivity index (χ2v) is 5.85. The van der Waals surface area contributed by atoms with Gasteiger partial charge in [0.15, 0.2) is 5.82 Å². The fourth-order valence-electron chi connectivity index (χ4n) is 2.87. The number of fused-ring (bicyclic) bond motifs is 1. The highest BCUT2D eigenvalue weighted by atomic mass is 16.2. The third-order valence-corrected chi connectivity index (χ3v) is 4.04. The van der Waals surface area contributed by atoms with Crippen molar-refractivity contribution in [1.82, 2.24) is 20.2 Å². The zero-order valence-corrected chi connectivity index (χ0v) is 13.7. The van der Waals surface area contributed by atoms with E-state index in [1.54, 1.807) is 36.7 Å². The minimum Gasteiger partial charge on any atom is -0.326 e. The number of carbonyl (C=O) groups excluding carboxylic acids is 1. The average Bonchev–Trinajstić information content (AvgIpc) is 3.09. The highest BCUT2D eigenvalue weighted by Gasteiger charge is 2.09. The third-order valence-electron chi connectivity index (χ3n) is 4.04. The van der Waals surface area contributed by atoms with Crippen LogP contribution in [0.25, 0.3) is 22.2 Å². The Morgan fingerprint density at radius 2 is 2.00 bits per heavy atom. The summed E-state index contributed by atoms with van der Waals surface area (Å²) in [5.74, 6) is 0.301. The Balaban J connectivity index is 1.54. The van der Waals surface area contributed by atoms with Gasteiger partial charge >= 0.3 is 5.69 Å². The molecular weight excluding hydrogens is 330 g/mol. The van der Waals surface area contributed by atoms with Gasteiger partial charge in [0.2, 0.25) is 5.91 Å². The number of rotatable bonds is 4. The summed E-state index contributed by atoms with van der Waals surface area (Å²) < 4.78 is 0. The van der Waals surface area contributed by atoms with Crippen LogP contribution in [0.2, 0.25) is 0 Å². The molecule has 0 unspecified atom stereocenters. The molecule has 0 bridgehead atoms. The van der Waals surface area contributed by atoms with Gasteiger partial charge in [0.25, 0.3) is 0 Å². The summed E-state index contributed by atoms with van der Waals surface area (Å²) in [5, 5.41) is 11.1.